The van der Waals surface area contributed by atoms with Gasteiger partial charge in [0.1, 0.15) is 11.2 Å². The van der Waals surface area contributed by atoms with E-state index < -0.39 is 0 Å². The topological polar surface area (TPSA) is 16.4 Å². The minimum absolute atomic E-state index is 0.906. The molecular weight excluding hydrogens is 631 g/mol. The van der Waals surface area contributed by atoms with Gasteiger partial charge in [-0.05, 0) is 74.8 Å². The van der Waals surface area contributed by atoms with Crippen LogP contribution in [0.2, 0.25) is 0 Å². The fourth-order valence-electron chi connectivity index (χ4n) is 7.68. The van der Waals surface area contributed by atoms with Crippen molar-refractivity contribution in [2.75, 3.05) is 4.90 Å². The maximum absolute atomic E-state index is 6.75. The smallest absolute Gasteiger partial charge is 0.143 e. The van der Waals surface area contributed by atoms with Crippen molar-refractivity contribution in [2.24, 2.45) is 0 Å². The van der Waals surface area contributed by atoms with Crippen molar-refractivity contribution >= 4 is 60.5 Å². The molecule has 0 fully saturated rings. The zero-order valence-corrected chi connectivity index (χ0v) is 28.4. The normalized spacial score (nSPS) is 11.5. The van der Waals surface area contributed by atoms with Gasteiger partial charge in [-0.25, -0.2) is 0 Å². The van der Waals surface area contributed by atoms with E-state index in [1.807, 2.05) is 6.07 Å². The van der Waals surface area contributed by atoms with Gasteiger partial charge in [0, 0.05) is 38.7 Å². The zero-order chi connectivity index (χ0) is 34.4. The van der Waals surface area contributed by atoms with Gasteiger partial charge < -0.3 is 9.32 Å². The Balaban J connectivity index is 1.07. The van der Waals surface area contributed by atoms with Crippen LogP contribution in [0.25, 0.3) is 76.9 Å². The van der Waals surface area contributed by atoms with Crippen molar-refractivity contribution in [3.8, 4) is 33.4 Å². The first-order valence-corrected chi connectivity index (χ1v) is 17.8. The van der Waals surface area contributed by atoms with Crippen LogP contribution in [-0.2, 0) is 0 Å². The molecule has 2 nitrogen and oxygen atoms in total. The molecule has 1 aromatic heterocycles. The summed E-state index contributed by atoms with van der Waals surface area (Å²) in [5.74, 6) is 0. The second-order valence-electron chi connectivity index (χ2n) is 13.3. The predicted octanol–water partition coefficient (Wildman–Crippen LogP) is 14.4. The molecule has 0 aliphatic heterocycles. The standard InChI is InChI=1S/C50H33NO/c1-2-12-37(13-3-1)44-18-9-20-46-47-21-10-19-45(50(47)52-49(44)46)38-27-31-42(32-28-38)51(48-22-8-16-36-14-6-7-17-43(36)48)41-29-25-35(26-30-41)40-24-23-34-11-4-5-15-39(34)33-40/h1-33H. The molecule has 0 atom stereocenters. The average Bonchev–Trinajstić information content (AvgIpc) is 3.61. The second kappa shape index (κ2) is 12.5. The molecule has 9 aromatic carbocycles. The fraction of sp³-hybridized carbons (Fsp3) is 0. The first-order chi connectivity index (χ1) is 25.8. The Labute approximate surface area is 302 Å². The van der Waals surface area contributed by atoms with E-state index in [4.69, 9.17) is 4.42 Å². The Hall–Kier alpha value is -6.90. The number of para-hydroxylation sites is 2. The van der Waals surface area contributed by atoms with E-state index in [2.05, 4.69) is 199 Å². The van der Waals surface area contributed by atoms with Gasteiger partial charge in [0.2, 0.25) is 0 Å². The molecule has 0 aliphatic rings. The molecule has 10 aromatic rings. The predicted molar refractivity (Wildman–Crippen MR) is 220 cm³/mol. The lowest BCUT2D eigenvalue weighted by molar-refractivity contribution is 0.671. The van der Waals surface area contributed by atoms with E-state index >= 15 is 0 Å². The molecule has 1 heterocycles. The van der Waals surface area contributed by atoms with Crippen LogP contribution >= 0.6 is 0 Å². The third-order valence-electron chi connectivity index (χ3n) is 10.3. The lowest BCUT2D eigenvalue weighted by Crippen LogP contribution is -2.10. The summed E-state index contributed by atoms with van der Waals surface area (Å²) in [7, 11) is 0. The molecule has 0 bridgehead atoms. The first-order valence-electron chi connectivity index (χ1n) is 17.8. The zero-order valence-electron chi connectivity index (χ0n) is 28.4. The number of rotatable bonds is 6. The average molecular weight is 664 g/mol. The summed E-state index contributed by atoms with van der Waals surface area (Å²) in [6.07, 6.45) is 0. The van der Waals surface area contributed by atoms with E-state index in [1.54, 1.807) is 0 Å². The van der Waals surface area contributed by atoms with Gasteiger partial charge in [-0.2, -0.15) is 0 Å². The molecule has 0 aliphatic carbocycles. The summed E-state index contributed by atoms with van der Waals surface area (Å²) in [5, 5.41) is 7.16. The maximum Gasteiger partial charge on any atom is 0.143 e. The van der Waals surface area contributed by atoms with E-state index in [0.29, 0.717) is 0 Å². The molecule has 2 heteroatoms. The van der Waals surface area contributed by atoms with Crippen molar-refractivity contribution in [3.63, 3.8) is 0 Å². The van der Waals surface area contributed by atoms with Gasteiger partial charge in [0.25, 0.3) is 0 Å². The summed E-state index contributed by atoms with van der Waals surface area (Å²) >= 11 is 0. The summed E-state index contributed by atoms with van der Waals surface area (Å²) in [5.41, 5.74) is 12.0. The van der Waals surface area contributed by atoms with E-state index in [-0.39, 0.29) is 0 Å². The molecule has 0 spiro atoms. The molecule has 0 unspecified atom stereocenters. The number of hydrogen-bond donors (Lipinski definition) is 0. The summed E-state index contributed by atoms with van der Waals surface area (Å²) < 4.78 is 6.75. The highest BCUT2D eigenvalue weighted by Crippen LogP contribution is 2.43. The largest absolute Gasteiger partial charge is 0.455 e. The number of anilines is 3. The van der Waals surface area contributed by atoms with Gasteiger partial charge in [-0.15, -0.1) is 0 Å². The molecule has 0 saturated carbocycles. The number of benzene rings is 9. The molecule has 0 N–H and O–H groups in total. The molecule has 0 radical (unpaired) electrons. The highest BCUT2D eigenvalue weighted by atomic mass is 16.3. The van der Waals surface area contributed by atoms with Crippen molar-refractivity contribution in [2.45, 2.75) is 0 Å². The summed E-state index contributed by atoms with van der Waals surface area (Å²) in [6.45, 7) is 0. The van der Waals surface area contributed by atoms with Crippen LogP contribution in [0.1, 0.15) is 0 Å². The Morgan fingerprint density at radius 3 is 1.50 bits per heavy atom. The van der Waals surface area contributed by atoms with Crippen LogP contribution in [0.15, 0.2) is 205 Å². The van der Waals surface area contributed by atoms with Crippen LogP contribution in [-0.4, -0.2) is 0 Å². The minimum Gasteiger partial charge on any atom is -0.455 e. The van der Waals surface area contributed by atoms with Crippen LogP contribution in [0.5, 0.6) is 0 Å². The number of hydrogen-bond acceptors (Lipinski definition) is 2. The second-order valence-corrected chi connectivity index (χ2v) is 13.3. The highest BCUT2D eigenvalue weighted by Gasteiger charge is 2.18. The lowest BCUT2D eigenvalue weighted by atomic mass is 9.99. The van der Waals surface area contributed by atoms with Crippen molar-refractivity contribution in [1.82, 2.24) is 0 Å². The quantitative estimate of drug-likeness (QED) is 0.176. The van der Waals surface area contributed by atoms with Crippen LogP contribution in [0, 0.1) is 0 Å². The fourth-order valence-corrected chi connectivity index (χ4v) is 7.68. The number of fused-ring (bicyclic) bond motifs is 5. The number of nitrogens with zero attached hydrogens (tertiary/aromatic N) is 1. The van der Waals surface area contributed by atoms with E-state index in [9.17, 15) is 0 Å². The Bertz CT molecular complexity index is 2880. The van der Waals surface area contributed by atoms with Gasteiger partial charge in [0.05, 0.1) is 5.69 Å². The Kier molecular flexibility index (Phi) is 7.18. The van der Waals surface area contributed by atoms with Crippen molar-refractivity contribution in [1.29, 1.82) is 0 Å². The monoisotopic (exact) mass is 663 g/mol. The number of furan rings is 1. The lowest BCUT2D eigenvalue weighted by Gasteiger charge is -2.27. The third-order valence-corrected chi connectivity index (χ3v) is 10.3. The highest BCUT2D eigenvalue weighted by molar-refractivity contribution is 6.13. The van der Waals surface area contributed by atoms with Gasteiger partial charge in [-0.1, -0.05) is 164 Å². The molecule has 10 rings (SSSR count). The molecule has 244 valence electrons. The minimum atomic E-state index is 0.906. The van der Waals surface area contributed by atoms with E-state index in [0.717, 1.165) is 61.3 Å². The Morgan fingerprint density at radius 1 is 0.308 bits per heavy atom. The van der Waals surface area contributed by atoms with Gasteiger partial charge >= 0.3 is 0 Å². The molecule has 0 amide bonds. The van der Waals surface area contributed by atoms with Crippen LogP contribution in [0.4, 0.5) is 17.1 Å². The molecular formula is C50H33NO. The third kappa shape index (κ3) is 5.12. The van der Waals surface area contributed by atoms with Crippen LogP contribution in [0.3, 0.4) is 0 Å². The van der Waals surface area contributed by atoms with Gasteiger partial charge in [-0.3, -0.25) is 0 Å². The molecule has 52 heavy (non-hydrogen) atoms. The maximum atomic E-state index is 6.75. The SMILES string of the molecule is c1ccc(-c2cccc3c2oc2c(-c4ccc(N(c5ccc(-c6ccc7ccccc7c6)cc5)c5cccc6ccccc56)cc4)cccc23)cc1. The van der Waals surface area contributed by atoms with Gasteiger partial charge in [0.15, 0.2) is 0 Å². The van der Waals surface area contributed by atoms with Crippen molar-refractivity contribution in [3.05, 3.63) is 200 Å². The Morgan fingerprint density at radius 2 is 0.808 bits per heavy atom. The van der Waals surface area contributed by atoms with E-state index in [1.165, 1.54) is 32.7 Å². The first kappa shape index (κ1) is 30.0. The summed E-state index contributed by atoms with van der Waals surface area (Å²) in [4.78, 5) is 2.37. The van der Waals surface area contributed by atoms with Crippen molar-refractivity contribution < 1.29 is 4.42 Å². The summed E-state index contributed by atoms with van der Waals surface area (Å²) in [6, 6.07) is 71.6. The van der Waals surface area contributed by atoms with Crippen LogP contribution < -0.4 is 4.90 Å². The molecule has 0 saturated heterocycles.